The summed E-state index contributed by atoms with van der Waals surface area (Å²) in [6.45, 7) is 7.78. The van der Waals surface area contributed by atoms with Gasteiger partial charge in [-0.2, -0.15) is 0 Å². The van der Waals surface area contributed by atoms with Gasteiger partial charge < -0.3 is 9.47 Å². The fraction of sp³-hybridized carbons (Fsp3) is 0.161. The number of carbonyl (C=O) groups is 1. The third-order valence-electron chi connectivity index (χ3n) is 5.94. The molecule has 3 aromatic carbocycles. The van der Waals surface area contributed by atoms with Crippen molar-refractivity contribution in [2.45, 2.75) is 20.3 Å². The zero-order chi connectivity index (χ0) is 28.1. The second kappa shape index (κ2) is 12.5. The lowest BCUT2D eigenvalue weighted by atomic mass is 10.0. The first-order valence-corrected chi connectivity index (χ1v) is 13.6. The third kappa shape index (κ3) is 6.34. The Balaban J connectivity index is 1.82. The molecule has 1 aliphatic rings. The minimum Gasteiger partial charge on any atom is -0.493 e. The van der Waals surface area contributed by atoms with Gasteiger partial charge in [-0.15, -0.1) is 13.0 Å². The first-order chi connectivity index (χ1) is 18.7. The molecule has 198 valence electrons. The number of rotatable bonds is 8. The van der Waals surface area contributed by atoms with Crippen molar-refractivity contribution in [3.63, 3.8) is 0 Å². The summed E-state index contributed by atoms with van der Waals surface area (Å²) in [6.07, 6.45) is 9.50. The first kappa shape index (κ1) is 28.4. The molecule has 1 amide bonds. The Morgan fingerprint density at radius 1 is 1.10 bits per heavy atom. The zero-order valence-corrected chi connectivity index (χ0v) is 24.1. The summed E-state index contributed by atoms with van der Waals surface area (Å²) in [5, 5.41) is 1.64. The summed E-state index contributed by atoms with van der Waals surface area (Å²) < 4.78 is 11.3. The van der Waals surface area contributed by atoms with Gasteiger partial charge in [0.05, 0.1) is 23.4 Å². The highest BCUT2D eigenvalue weighted by atomic mass is 35.5. The summed E-state index contributed by atoms with van der Waals surface area (Å²) in [6, 6.07) is 14.8. The van der Waals surface area contributed by atoms with E-state index in [4.69, 9.17) is 44.1 Å². The topological polar surface area (TPSA) is 51.1 Å². The second-order valence-electron chi connectivity index (χ2n) is 8.71. The van der Waals surface area contributed by atoms with E-state index in [0.29, 0.717) is 49.4 Å². The number of benzene rings is 3. The number of aryl methyl sites for hydroxylation is 2. The summed E-state index contributed by atoms with van der Waals surface area (Å²) >= 11 is 14.0. The fourth-order valence-electron chi connectivity index (χ4n) is 3.91. The molecular formula is C31H26Cl2N2O3S. The van der Waals surface area contributed by atoms with Crippen LogP contribution in [0.15, 0.2) is 71.1 Å². The van der Waals surface area contributed by atoms with Gasteiger partial charge in [0.1, 0.15) is 6.61 Å². The number of methoxy groups -OCH3 is 1. The van der Waals surface area contributed by atoms with E-state index >= 15 is 0 Å². The lowest BCUT2D eigenvalue weighted by Gasteiger charge is -2.17. The van der Waals surface area contributed by atoms with Crippen LogP contribution >= 0.6 is 35.0 Å². The van der Waals surface area contributed by atoms with Crippen LogP contribution in [-0.4, -0.2) is 24.8 Å². The Bertz CT molecular complexity index is 1560. The Labute approximate surface area is 243 Å². The molecule has 0 saturated carbocycles. The number of hydrogen-bond donors (Lipinski definition) is 0. The van der Waals surface area contributed by atoms with Crippen molar-refractivity contribution in [2.24, 2.45) is 4.99 Å². The van der Waals surface area contributed by atoms with Gasteiger partial charge >= 0.3 is 0 Å². The third-order valence-corrected chi connectivity index (χ3v) is 7.72. The molecule has 3 aromatic rings. The molecular weight excluding hydrogens is 551 g/mol. The van der Waals surface area contributed by atoms with Crippen LogP contribution in [0, 0.1) is 26.2 Å². The lowest BCUT2D eigenvalue weighted by Crippen LogP contribution is -2.28. The van der Waals surface area contributed by atoms with Crippen LogP contribution in [-0.2, 0) is 11.2 Å². The van der Waals surface area contributed by atoms with Gasteiger partial charge in [0, 0.05) is 15.6 Å². The van der Waals surface area contributed by atoms with Crippen LogP contribution in [0.3, 0.4) is 0 Å². The van der Waals surface area contributed by atoms with Crippen molar-refractivity contribution in [1.29, 1.82) is 0 Å². The van der Waals surface area contributed by atoms with Gasteiger partial charge in [0.25, 0.3) is 5.91 Å². The average Bonchev–Trinajstić information content (AvgIpc) is 3.21. The molecule has 0 aromatic heterocycles. The Hall–Kier alpha value is -3.63. The van der Waals surface area contributed by atoms with Crippen molar-refractivity contribution in [3.8, 4) is 23.8 Å². The molecule has 0 spiro atoms. The fourth-order valence-corrected chi connectivity index (χ4v) is 5.26. The maximum atomic E-state index is 13.8. The van der Waals surface area contributed by atoms with Gasteiger partial charge in [0.15, 0.2) is 16.7 Å². The summed E-state index contributed by atoms with van der Waals surface area (Å²) in [5.41, 5.74) is 4.70. The SMILES string of the molecule is C#CCOc1c(CC=C)cc(/C=C2/SC(=Nc3ccc(C)c(Cl)c3)N(c3ccc(C)c(Cl)c3)C2=O)cc1OC. The molecule has 8 heteroatoms. The van der Waals surface area contributed by atoms with E-state index in [-0.39, 0.29) is 12.5 Å². The molecule has 4 rings (SSSR count). The summed E-state index contributed by atoms with van der Waals surface area (Å²) in [4.78, 5) is 20.6. The highest BCUT2D eigenvalue weighted by Crippen LogP contribution is 2.40. The van der Waals surface area contributed by atoms with Crippen molar-refractivity contribution >= 4 is 63.5 Å². The van der Waals surface area contributed by atoms with Crippen LogP contribution in [0.25, 0.3) is 6.08 Å². The number of thioether (sulfide) groups is 1. The summed E-state index contributed by atoms with van der Waals surface area (Å²) in [5.74, 6) is 3.31. The number of halogens is 2. The van der Waals surface area contributed by atoms with Gasteiger partial charge in [-0.25, -0.2) is 4.99 Å². The summed E-state index contributed by atoms with van der Waals surface area (Å²) in [7, 11) is 1.56. The number of amidine groups is 1. The molecule has 5 nitrogen and oxygen atoms in total. The van der Waals surface area contributed by atoms with E-state index in [1.54, 1.807) is 42.4 Å². The lowest BCUT2D eigenvalue weighted by molar-refractivity contribution is -0.113. The highest BCUT2D eigenvalue weighted by Gasteiger charge is 2.35. The van der Waals surface area contributed by atoms with E-state index in [1.807, 2.05) is 44.2 Å². The molecule has 0 unspecified atom stereocenters. The van der Waals surface area contributed by atoms with Crippen LogP contribution in [0.1, 0.15) is 22.3 Å². The Morgan fingerprint density at radius 2 is 1.82 bits per heavy atom. The van der Waals surface area contributed by atoms with E-state index in [1.165, 1.54) is 11.8 Å². The van der Waals surface area contributed by atoms with Crippen molar-refractivity contribution in [2.75, 3.05) is 18.6 Å². The molecule has 1 heterocycles. The molecule has 0 radical (unpaired) electrons. The normalized spacial score (nSPS) is 15.1. The predicted octanol–water partition coefficient (Wildman–Crippen LogP) is 8.17. The largest absolute Gasteiger partial charge is 0.493 e. The van der Waals surface area contributed by atoms with Crippen molar-refractivity contribution in [1.82, 2.24) is 0 Å². The van der Waals surface area contributed by atoms with Gasteiger partial charge in [0.2, 0.25) is 0 Å². The molecule has 0 atom stereocenters. The number of allylic oxidation sites excluding steroid dienone is 1. The van der Waals surface area contributed by atoms with Crippen LogP contribution < -0.4 is 14.4 Å². The maximum Gasteiger partial charge on any atom is 0.271 e. The second-order valence-corrected chi connectivity index (χ2v) is 10.5. The van der Waals surface area contributed by atoms with Crippen molar-refractivity contribution < 1.29 is 14.3 Å². The Morgan fingerprint density at radius 3 is 2.46 bits per heavy atom. The standard InChI is InChI=1S/C31H26Cl2N2O3S/c1-6-8-22-14-21(15-27(37-5)29(22)38-13-7-2)16-28-30(36)35(24-12-10-20(4)26(33)18-24)31(39-28)34-23-11-9-19(3)25(32)17-23/h2,6,9-12,14-18H,1,8,13H2,3-5H3/b28-16+,34-31?. The minimum atomic E-state index is -0.228. The number of anilines is 1. The molecule has 1 aliphatic heterocycles. The number of amides is 1. The van der Waals surface area contributed by atoms with Gasteiger partial charge in [-0.1, -0.05) is 47.3 Å². The average molecular weight is 578 g/mol. The minimum absolute atomic E-state index is 0.103. The first-order valence-electron chi connectivity index (χ1n) is 12.0. The molecule has 0 bridgehead atoms. The monoisotopic (exact) mass is 576 g/mol. The number of hydrogen-bond acceptors (Lipinski definition) is 5. The van der Waals surface area contributed by atoms with E-state index in [0.717, 1.165) is 22.3 Å². The van der Waals surface area contributed by atoms with E-state index in [9.17, 15) is 4.79 Å². The van der Waals surface area contributed by atoms with Crippen LogP contribution in [0.4, 0.5) is 11.4 Å². The molecule has 0 aliphatic carbocycles. The number of aliphatic imine (C=N–C) groups is 1. The molecule has 39 heavy (non-hydrogen) atoms. The highest BCUT2D eigenvalue weighted by molar-refractivity contribution is 8.19. The molecule has 0 N–H and O–H groups in total. The smallest absolute Gasteiger partial charge is 0.271 e. The number of terminal acetylenes is 1. The molecule has 1 fully saturated rings. The van der Waals surface area contributed by atoms with E-state index in [2.05, 4.69) is 12.5 Å². The quantitative estimate of drug-likeness (QED) is 0.154. The van der Waals surface area contributed by atoms with Gasteiger partial charge in [-0.3, -0.25) is 9.69 Å². The van der Waals surface area contributed by atoms with Gasteiger partial charge in [-0.05, 0) is 91.2 Å². The number of carbonyl (C=O) groups excluding carboxylic acids is 1. The predicted molar refractivity (Wildman–Crippen MR) is 164 cm³/mol. The molecule has 1 saturated heterocycles. The Kier molecular flexibility index (Phi) is 9.08. The number of nitrogens with zero attached hydrogens (tertiary/aromatic N) is 2. The zero-order valence-electron chi connectivity index (χ0n) is 21.8. The van der Waals surface area contributed by atoms with Crippen molar-refractivity contribution in [3.05, 3.63) is 98.4 Å². The van der Waals surface area contributed by atoms with E-state index < -0.39 is 0 Å². The maximum absolute atomic E-state index is 13.8. The van der Waals surface area contributed by atoms with Crippen LogP contribution in [0.2, 0.25) is 10.0 Å². The number of ether oxygens (including phenoxy) is 2. The van der Waals surface area contributed by atoms with Crippen LogP contribution in [0.5, 0.6) is 11.5 Å².